The Balaban J connectivity index is 2.12. The summed E-state index contributed by atoms with van der Waals surface area (Å²) in [5, 5.41) is 2.82. The average molecular weight is 329 g/mol. The number of sulfonamides is 1. The predicted molar refractivity (Wildman–Crippen MR) is 81.3 cm³/mol. The molecule has 1 aromatic carbocycles. The molecule has 3 N–H and O–H groups in total. The van der Waals surface area contributed by atoms with Crippen molar-refractivity contribution < 1.29 is 12.8 Å². The van der Waals surface area contributed by atoms with E-state index in [1.54, 1.807) is 0 Å². The summed E-state index contributed by atoms with van der Waals surface area (Å²) >= 11 is 1.51. The first-order chi connectivity index (χ1) is 9.79. The molecule has 2 aromatic rings. The van der Waals surface area contributed by atoms with Crippen molar-refractivity contribution in [2.24, 2.45) is 0 Å². The molecule has 0 saturated carbocycles. The van der Waals surface area contributed by atoms with Gasteiger partial charge in [-0.2, -0.15) is 0 Å². The fourth-order valence-corrected chi connectivity index (χ4v) is 3.83. The summed E-state index contributed by atoms with van der Waals surface area (Å²) in [4.78, 5) is 4.12. The summed E-state index contributed by atoms with van der Waals surface area (Å²) in [6, 6.07) is 2.36. The standard InChI is InChI=1S/C13H16FN3O2S2/c1-8-12(14)5-10(15)6-13(8)21(18,19)16-4-3-11-7-20-9(2)17-11/h5-7,16H,3-4,15H2,1-2H3. The highest BCUT2D eigenvalue weighted by molar-refractivity contribution is 7.89. The van der Waals surface area contributed by atoms with Gasteiger partial charge in [-0.3, -0.25) is 0 Å². The van der Waals surface area contributed by atoms with E-state index in [1.807, 2.05) is 12.3 Å². The number of thiazole rings is 1. The van der Waals surface area contributed by atoms with Crippen LogP contribution < -0.4 is 10.5 Å². The second-order valence-corrected chi connectivity index (χ2v) is 7.43. The monoisotopic (exact) mass is 329 g/mol. The zero-order valence-corrected chi connectivity index (χ0v) is 13.3. The Morgan fingerprint density at radius 2 is 2.10 bits per heavy atom. The van der Waals surface area contributed by atoms with Gasteiger partial charge in [0.15, 0.2) is 0 Å². The molecule has 0 saturated heterocycles. The largest absolute Gasteiger partial charge is 0.399 e. The summed E-state index contributed by atoms with van der Waals surface area (Å²) < 4.78 is 40.4. The summed E-state index contributed by atoms with van der Waals surface area (Å²) in [5.41, 5.74) is 6.47. The van der Waals surface area contributed by atoms with E-state index in [4.69, 9.17) is 5.73 Å². The number of nitrogens with two attached hydrogens (primary N) is 1. The quantitative estimate of drug-likeness (QED) is 0.822. The smallest absolute Gasteiger partial charge is 0.241 e. The first-order valence-electron chi connectivity index (χ1n) is 6.26. The number of benzene rings is 1. The minimum absolute atomic E-state index is 0.0567. The third-order valence-corrected chi connectivity index (χ3v) is 5.36. The maximum Gasteiger partial charge on any atom is 0.241 e. The van der Waals surface area contributed by atoms with Crippen molar-refractivity contribution in [2.75, 3.05) is 12.3 Å². The number of anilines is 1. The molecule has 0 fully saturated rings. The van der Waals surface area contributed by atoms with Crippen molar-refractivity contribution in [2.45, 2.75) is 25.2 Å². The van der Waals surface area contributed by atoms with Crippen LogP contribution in [-0.2, 0) is 16.4 Å². The number of halogens is 1. The van der Waals surface area contributed by atoms with Crippen LogP contribution in [-0.4, -0.2) is 19.9 Å². The molecule has 0 radical (unpaired) electrons. The van der Waals surface area contributed by atoms with Crippen LogP contribution in [0.3, 0.4) is 0 Å². The van der Waals surface area contributed by atoms with Gasteiger partial charge in [0.1, 0.15) is 5.82 Å². The maximum absolute atomic E-state index is 13.6. The van der Waals surface area contributed by atoms with Crippen molar-refractivity contribution in [3.05, 3.63) is 39.6 Å². The van der Waals surface area contributed by atoms with Gasteiger partial charge in [-0.05, 0) is 26.0 Å². The van der Waals surface area contributed by atoms with E-state index in [1.165, 1.54) is 24.3 Å². The summed E-state index contributed by atoms with van der Waals surface area (Å²) in [6.45, 7) is 3.49. The molecule has 2 rings (SSSR count). The lowest BCUT2D eigenvalue weighted by Gasteiger charge is -2.10. The van der Waals surface area contributed by atoms with Gasteiger partial charge in [-0.15, -0.1) is 11.3 Å². The summed E-state index contributed by atoms with van der Waals surface area (Å²) in [6.07, 6.45) is 0.480. The number of nitrogens with one attached hydrogen (secondary N) is 1. The van der Waals surface area contributed by atoms with Gasteiger partial charge >= 0.3 is 0 Å². The van der Waals surface area contributed by atoms with Crippen LogP contribution in [0.25, 0.3) is 0 Å². The molecule has 5 nitrogen and oxygen atoms in total. The minimum Gasteiger partial charge on any atom is -0.399 e. The van der Waals surface area contributed by atoms with Gasteiger partial charge in [0.05, 0.1) is 15.6 Å². The Hall–Kier alpha value is -1.51. The number of hydrogen-bond donors (Lipinski definition) is 2. The second-order valence-electron chi connectivity index (χ2n) is 4.63. The van der Waals surface area contributed by atoms with E-state index in [9.17, 15) is 12.8 Å². The Bertz CT molecular complexity index is 757. The van der Waals surface area contributed by atoms with Crippen LogP contribution >= 0.6 is 11.3 Å². The Morgan fingerprint density at radius 1 is 1.38 bits per heavy atom. The number of nitrogen functional groups attached to an aromatic ring is 1. The topological polar surface area (TPSA) is 85.1 Å². The van der Waals surface area contributed by atoms with Gasteiger partial charge in [0.25, 0.3) is 0 Å². The van der Waals surface area contributed by atoms with E-state index in [0.29, 0.717) is 6.42 Å². The van der Waals surface area contributed by atoms with E-state index < -0.39 is 15.8 Å². The average Bonchev–Trinajstić information content (AvgIpc) is 2.79. The van der Waals surface area contributed by atoms with Crippen LogP contribution in [0.5, 0.6) is 0 Å². The molecule has 0 aliphatic carbocycles. The summed E-state index contributed by atoms with van der Waals surface area (Å²) in [7, 11) is -3.79. The van der Waals surface area contributed by atoms with Crippen LogP contribution in [0.4, 0.5) is 10.1 Å². The molecule has 8 heteroatoms. The van der Waals surface area contributed by atoms with Crippen molar-refractivity contribution in [3.63, 3.8) is 0 Å². The van der Waals surface area contributed by atoms with Crippen LogP contribution in [0.2, 0.25) is 0 Å². The highest BCUT2D eigenvalue weighted by Gasteiger charge is 2.19. The lowest BCUT2D eigenvalue weighted by Crippen LogP contribution is -2.27. The molecular weight excluding hydrogens is 313 g/mol. The SMILES string of the molecule is Cc1nc(CCNS(=O)(=O)c2cc(N)cc(F)c2C)cs1. The first kappa shape index (κ1) is 15.9. The molecule has 0 amide bonds. The normalized spacial score (nSPS) is 11.8. The summed E-state index contributed by atoms with van der Waals surface area (Å²) in [5.74, 6) is -0.634. The zero-order valence-electron chi connectivity index (χ0n) is 11.7. The van der Waals surface area contributed by atoms with Gasteiger partial charge in [0, 0.05) is 29.6 Å². The number of rotatable bonds is 5. The highest BCUT2D eigenvalue weighted by atomic mass is 32.2. The molecule has 0 aliphatic heterocycles. The molecule has 0 aliphatic rings. The molecule has 114 valence electrons. The molecule has 0 atom stereocenters. The predicted octanol–water partition coefficient (Wildman–Crippen LogP) is 2.00. The number of hydrogen-bond acceptors (Lipinski definition) is 5. The maximum atomic E-state index is 13.6. The Morgan fingerprint density at radius 3 is 2.71 bits per heavy atom. The fraction of sp³-hybridized carbons (Fsp3) is 0.308. The minimum atomic E-state index is -3.79. The van der Waals surface area contributed by atoms with Gasteiger partial charge in [0.2, 0.25) is 10.0 Å². The Labute approximate surface area is 127 Å². The molecule has 0 spiro atoms. The lowest BCUT2D eigenvalue weighted by atomic mass is 10.2. The van der Waals surface area contributed by atoms with Crippen molar-refractivity contribution in [1.82, 2.24) is 9.71 Å². The third kappa shape index (κ3) is 3.78. The Kier molecular flexibility index (Phi) is 4.60. The van der Waals surface area contributed by atoms with Gasteiger partial charge in [-0.25, -0.2) is 22.5 Å². The van der Waals surface area contributed by atoms with Crippen molar-refractivity contribution in [3.8, 4) is 0 Å². The van der Waals surface area contributed by atoms with Crippen LogP contribution in [0.1, 0.15) is 16.3 Å². The van der Waals surface area contributed by atoms with E-state index in [0.717, 1.165) is 16.8 Å². The zero-order chi connectivity index (χ0) is 15.6. The van der Waals surface area contributed by atoms with E-state index in [-0.39, 0.29) is 22.7 Å². The lowest BCUT2D eigenvalue weighted by molar-refractivity contribution is 0.574. The third-order valence-electron chi connectivity index (χ3n) is 2.95. The van der Waals surface area contributed by atoms with Crippen molar-refractivity contribution in [1.29, 1.82) is 0 Å². The fourth-order valence-electron chi connectivity index (χ4n) is 1.87. The number of aromatic nitrogens is 1. The molecule has 21 heavy (non-hydrogen) atoms. The molecular formula is C13H16FN3O2S2. The molecule has 0 bridgehead atoms. The number of aryl methyl sites for hydroxylation is 1. The first-order valence-corrected chi connectivity index (χ1v) is 8.62. The van der Waals surface area contributed by atoms with Crippen LogP contribution in [0.15, 0.2) is 22.4 Å². The molecule has 1 aromatic heterocycles. The van der Waals surface area contributed by atoms with E-state index in [2.05, 4.69) is 9.71 Å². The van der Waals surface area contributed by atoms with Crippen LogP contribution in [0, 0.1) is 19.7 Å². The van der Waals surface area contributed by atoms with Crippen molar-refractivity contribution >= 4 is 27.0 Å². The highest BCUT2D eigenvalue weighted by Crippen LogP contribution is 2.21. The number of nitrogens with zero attached hydrogens (tertiary/aromatic N) is 1. The van der Waals surface area contributed by atoms with Gasteiger partial charge < -0.3 is 5.73 Å². The van der Waals surface area contributed by atoms with E-state index >= 15 is 0 Å². The second kappa shape index (κ2) is 6.08. The molecule has 0 unspecified atom stereocenters. The molecule has 1 heterocycles. The van der Waals surface area contributed by atoms with Gasteiger partial charge in [-0.1, -0.05) is 0 Å².